The van der Waals surface area contributed by atoms with E-state index in [0.717, 1.165) is 0 Å². The number of carbonyl (C=O) groups is 1. The highest BCUT2D eigenvalue weighted by molar-refractivity contribution is 7.92. The molecule has 1 aliphatic rings. The highest BCUT2D eigenvalue weighted by atomic mass is 32.2. The second kappa shape index (κ2) is 11.2. The molecule has 0 spiro atoms. The van der Waals surface area contributed by atoms with Crippen LogP contribution in [0.1, 0.15) is 33.1 Å². The van der Waals surface area contributed by atoms with Crippen LogP contribution in [0.5, 0.6) is 0 Å². The first-order valence-corrected chi connectivity index (χ1v) is 14.2. The molecule has 194 valence electrons. The van der Waals surface area contributed by atoms with E-state index in [1.165, 1.54) is 17.2 Å². The van der Waals surface area contributed by atoms with Crippen LogP contribution in [0.2, 0.25) is 0 Å². The number of anilines is 1. The van der Waals surface area contributed by atoms with Gasteiger partial charge in [0.15, 0.2) is 0 Å². The van der Waals surface area contributed by atoms with Gasteiger partial charge in [-0.25, -0.2) is 8.42 Å². The summed E-state index contributed by atoms with van der Waals surface area (Å²) in [5, 5.41) is 0. The molecule has 0 atom stereocenters. The third-order valence-electron chi connectivity index (χ3n) is 6.95. The summed E-state index contributed by atoms with van der Waals surface area (Å²) < 4.78 is 28.8. The van der Waals surface area contributed by atoms with E-state index in [4.69, 9.17) is 0 Å². The predicted molar refractivity (Wildman–Crippen MR) is 151 cm³/mol. The second-order valence-electron chi connectivity index (χ2n) is 9.50. The van der Waals surface area contributed by atoms with E-state index in [1.54, 1.807) is 43.3 Å². The molecule has 1 amide bonds. The maximum atomic E-state index is 13.5. The first-order valence-electron chi connectivity index (χ1n) is 12.7. The number of amides is 1. The molecular formula is C31H31N3O3S. The van der Waals surface area contributed by atoms with Gasteiger partial charge in [-0.1, -0.05) is 84.9 Å². The lowest BCUT2D eigenvalue weighted by Gasteiger charge is -2.40. The molecule has 1 N–H and O–H groups in total. The standard InChI is InChI=1S/C31H31N3O3S/c1-24-17-18-27(23-29(24)38(36,37)32-28-15-9-4-10-16-28)31(35)34-21-19-33(20-22-34)30(25-11-5-2-6-12-25)26-13-7-3-8-14-26/h2-18,23,30,32H,19-22H2,1H3. The van der Waals surface area contributed by atoms with E-state index in [0.29, 0.717) is 43.0 Å². The smallest absolute Gasteiger partial charge is 0.262 e. The quantitative estimate of drug-likeness (QED) is 0.354. The van der Waals surface area contributed by atoms with Gasteiger partial charge in [0.2, 0.25) is 0 Å². The van der Waals surface area contributed by atoms with Gasteiger partial charge >= 0.3 is 0 Å². The highest BCUT2D eigenvalue weighted by Gasteiger charge is 2.29. The number of sulfonamides is 1. The molecule has 0 aliphatic carbocycles. The van der Waals surface area contributed by atoms with Crippen LogP contribution in [0.4, 0.5) is 5.69 Å². The molecule has 7 heteroatoms. The van der Waals surface area contributed by atoms with Crippen LogP contribution in [-0.2, 0) is 10.0 Å². The summed E-state index contributed by atoms with van der Waals surface area (Å²) in [6, 6.07) is 34.6. The predicted octanol–water partition coefficient (Wildman–Crippen LogP) is 5.34. The summed E-state index contributed by atoms with van der Waals surface area (Å²) in [5.41, 5.74) is 3.88. The number of carbonyl (C=O) groups excluding carboxylic acids is 1. The Bertz CT molecular complexity index is 1450. The number of piperazine rings is 1. The Balaban J connectivity index is 1.32. The normalized spacial score (nSPS) is 14.4. The molecule has 1 saturated heterocycles. The summed E-state index contributed by atoms with van der Waals surface area (Å²) in [6.45, 7) is 4.29. The van der Waals surface area contributed by atoms with Gasteiger partial charge in [-0.05, 0) is 47.9 Å². The van der Waals surface area contributed by atoms with Gasteiger partial charge in [0.05, 0.1) is 10.9 Å². The zero-order chi connectivity index (χ0) is 26.5. The average molecular weight is 526 g/mol. The maximum Gasteiger partial charge on any atom is 0.262 e. The van der Waals surface area contributed by atoms with E-state index in [-0.39, 0.29) is 16.8 Å². The molecule has 0 unspecified atom stereocenters. The van der Waals surface area contributed by atoms with Crippen LogP contribution in [-0.4, -0.2) is 50.3 Å². The fraction of sp³-hybridized carbons (Fsp3) is 0.194. The van der Waals surface area contributed by atoms with Crippen molar-refractivity contribution in [1.29, 1.82) is 0 Å². The van der Waals surface area contributed by atoms with Crippen molar-refractivity contribution < 1.29 is 13.2 Å². The zero-order valence-electron chi connectivity index (χ0n) is 21.3. The summed E-state index contributed by atoms with van der Waals surface area (Å²) in [7, 11) is -3.84. The number of nitrogens with zero attached hydrogens (tertiary/aromatic N) is 2. The van der Waals surface area contributed by atoms with Gasteiger partial charge in [-0.2, -0.15) is 0 Å². The number of para-hydroxylation sites is 1. The number of hydrogen-bond acceptors (Lipinski definition) is 4. The largest absolute Gasteiger partial charge is 0.336 e. The first-order chi connectivity index (χ1) is 18.4. The molecule has 0 aromatic heterocycles. The molecule has 0 saturated carbocycles. The van der Waals surface area contributed by atoms with E-state index >= 15 is 0 Å². The molecule has 1 heterocycles. The zero-order valence-corrected chi connectivity index (χ0v) is 22.1. The van der Waals surface area contributed by atoms with Crippen LogP contribution in [0.25, 0.3) is 0 Å². The van der Waals surface area contributed by atoms with Crippen molar-refractivity contribution in [3.63, 3.8) is 0 Å². The Morgan fingerprint density at radius 3 is 1.82 bits per heavy atom. The van der Waals surface area contributed by atoms with Crippen LogP contribution in [0, 0.1) is 6.92 Å². The fourth-order valence-corrected chi connectivity index (χ4v) is 6.32. The average Bonchev–Trinajstić information content (AvgIpc) is 2.95. The molecule has 4 aromatic carbocycles. The lowest BCUT2D eigenvalue weighted by Crippen LogP contribution is -2.49. The topological polar surface area (TPSA) is 69.7 Å². The Hall–Kier alpha value is -3.94. The Kier molecular flexibility index (Phi) is 7.58. The Labute approximate surface area is 224 Å². The lowest BCUT2D eigenvalue weighted by molar-refractivity contribution is 0.0597. The molecule has 4 aromatic rings. The third-order valence-corrected chi connectivity index (χ3v) is 8.47. The first kappa shape index (κ1) is 25.7. The number of benzene rings is 4. The molecule has 1 aliphatic heterocycles. The molecule has 0 radical (unpaired) electrons. The van der Waals surface area contributed by atoms with Gasteiger partial charge in [0.25, 0.3) is 15.9 Å². The molecule has 6 nitrogen and oxygen atoms in total. The number of nitrogens with one attached hydrogen (secondary N) is 1. The van der Waals surface area contributed by atoms with Gasteiger partial charge < -0.3 is 4.90 Å². The number of aryl methyl sites for hydroxylation is 1. The monoisotopic (exact) mass is 525 g/mol. The van der Waals surface area contributed by atoms with E-state index < -0.39 is 10.0 Å². The summed E-state index contributed by atoms with van der Waals surface area (Å²) in [6.07, 6.45) is 0. The van der Waals surface area contributed by atoms with Gasteiger partial charge in [0.1, 0.15) is 0 Å². The van der Waals surface area contributed by atoms with Crippen molar-refractivity contribution in [2.45, 2.75) is 17.9 Å². The van der Waals surface area contributed by atoms with Crippen molar-refractivity contribution in [2.24, 2.45) is 0 Å². The second-order valence-corrected chi connectivity index (χ2v) is 11.2. The molecular weight excluding hydrogens is 494 g/mol. The fourth-order valence-electron chi connectivity index (χ4n) is 4.99. The summed E-state index contributed by atoms with van der Waals surface area (Å²) in [5.74, 6) is -0.156. The van der Waals surface area contributed by atoms with Crippen LogP contribution in [0.15, 0.2) is 114 Å². The SMILES string of the molecule is Cc1ccc(C(=O)N2CCN(C(c3ccccc3)c3ccccc3)CC2)cc1S(=O)(=O)Nc1ccccc1. The Morgan fingerprint density at radius 2 is 1.26 bits per heavy atom. The van der Waals surface area contributed by atoms with Gasteiger partial charge in [0, 0.05) is 37.4 Å². The van der Waals surface area contributed by atoms with Crippen molar-refractivity contribution >= 4 is 21.6 Å². The minimum Gasteiger partial charge on any atom is -0.336 e. The van der Waals surface area contributed by atoms with Crippen molar-refractivity contribution in [2.75, 3.05) is 30.9 Å². The van der Waals surface area contributed by atoms with E-state index in [1.807, 2.05) is 23.1 Å². The minimum atomic E-state index is -3.84. The highest BCUT2D eigenvalue weighted by Crippen LogP contribution is 2.30. The molecule has 0 bridgehead atoms. The summed E-state index contributed by atoms with van der Waals surface area (Å²) in [4.78, 5) is 17.8. The van der Waals surface area contributed by atoms with Crippen molar-refractivity contribution in [3.05, 3.63) is 131 Å². The maximum absolute atomic E-state index is 13.5. The summed E-state index contributed by atoms with van der Waals surface area (Å²) >= 11 is 0. The molecule has 1 fully saturated rings. The Morgan fingerprint density at radius 1 is 0.737 bits per heavy atom. The molecule has 5 rings (SSSR count). The van der Waals surface area contributed by atoms with Crippen LogP contribution >= 0.6 is 0 Å². The van der Waals surface area contributed by atoms with Crippen molar-refractivity contribution in [1.82, 2.24) is 9.80 Å². The van der Waals surface area contributed by atoms with Gasteiger partial charge in [-0.15, -0.1) is 0 Å². The van der Waals surface area contributed by atoms with Crippen molar-refractivity contribution in [3.8, 4) is 0 Å². The van der Waals surface area contributed by atoms with E-state index in [2.05, 4.69) is 58.2 Å². The number of hydrogen-bond donors (Lipinski definition) is 1. The minimum absolute atomic E-state index is 0.106. The molecule has 38 heavy (non-hydrogen) atoms. The van der Waals surface area contributed by atoms with Crippen LogP contribution < -0.4 is 4.72 Å². The van der Waals surface area contributed by atoms with Crippen LogP contribution in [0.3, 0.4) is 0 Å². The number of rotatable bonds is 7. The third kappa shape index (κ3) is 5.64. The lowest BCUT2D eigenvalue weighted by atomic mass is 9.96. The van der Waals surface area contributed by atoms with Gasteiger partial charge in [-0.3, -0.25) is 14.4 Å². The van der Waals surface area contributed by atoms with E-state index in [9.17, 15) is 13.2 Å².